The molecule has 1 atom stereocenters. The highest BCUT2D eigenvalue weighted by molar-refractivity contribution is 14.0. The molecule has 0 amide bonds. The van der Waals surface area contributed by atoms with Gasteiger partial charge in [0.05, 0.1) is 6.54 Å². The molecule has 0 saturated carbocycles. The molecule has 4 nitrogen and oxygen atoms in total. The van der Waals surface area contributed by atoms with Gasteiger partial charge < -0.3 is 15.8 Å². The maximum Gasteiger partial charge on any atom is 0.573 e. The molecular weight excluding hydrogens is 430 g/mol. The van der Waals surface area contributed by atoms with Crippen molar-refractivity contribution < 1.29 is 17.9 Å². The minimum Gasteiger partial charge on any atom is -0.406 e. The Bertz CT molecular complexity index is 490. The number of anilines is 1. The van der Waals surface area contributed by atoms with E-state index in [1.54, 1.807) is 0 Å². The second-order valence-electron chi connectivity index (χ2n) is 4.56. The first kappa shape index (κ1) is 19.2. The first-order valence-electron chi connectivity index (χ1n) is 6.47. The number of aliphatic imine (C=N–C) groups is 1. The van der Waals surface area contributed by atoms with E-state index in [9.17, 15) is 13.2 Å². The van der Waals surface area contributed by atoms with Crippen molar-refractivity contribution in [1.29, 1.82) is 0 Å². The van der Waals surface area contributed by atoms with E-state index < -0.39 is 6.36 Å². The summed E-state index contributed by atoms with van der Waals surface area (Å²) in [4.78, 5) is 4.23. The van der Waals surface area contributed by atoms with Crippen molar-refractivity contribution in [3.05, 3.63) is 24.3 Å². The van der Waals surface area contributed by atoms with Gasteiger partial charge in [0.25, 0.3) is 0 Å². The average molecular weight is 447 g/mol. The van der Waals surface area contributed by atoms with Gasteiger partial charge in [-0.05, 0) is 42.9 Å². The molecule has 3 N–H and O–H groups in total. The molecule has 9 heteroatoms. The van der Waals surface area contributed by atoms with Gasteiger partial charge >= 0.3 is 6.36 Å². The molecule has 0 bridgehead atoms. The Morgan fingerprint density at radius 3 is 2.59 bits per heavy atom. The number of rotatable bonds is 4. The predicted molar refractivity (Wildman–Crippen MR) is 94.1 cm³/mol. The van der Waals surface area contributed by atoms with Gasteiger partial charge in [0.2, 0.25) is 0 Å². The van der Waals surface area contributed by atoms with Gasteiger partial charge in [-0.15, -0.1) is 37.1 Å². The van der Waals surface area contributed by atoms with Crippen molar-refractivity contribution in [2.24, 2.45) is 10.7 Å². The van der Waals surface area contributed by atoms with Crippen molar-refractivity contribution in [2.45, 2.75) is 24.5 Å². The lowest BCUT2D eigenvalue weighted by atomic mass is 10.2. The van der Waals surface area contributed by atoms with E-state index in [0.717, 1.165) is 12.2 Å². The SMILES string of the molecule is I.NC(=NCC1CCCS1)Nc1ccc(OC(F)(F)F)cc1. The molecule has 22 heavy (non-hydrogen) atoms. The van der Waals surface area contributed by atoms with E-state index in [4.69, 9.17) is 5.73 Å². The molecule has 0 spiro atoms. The summed E-state index contributed by atoms with van der Waals surface area (Å²) < 4.78 is 39.8. The number of guanidine groups is 1. The number of hydrogen-bond donors (Lipinski definition) is 2. The zero-order valence-electron chi connectivity index (χ0n) is 11.6. The fourth-order valence-electron chi connectivity index (χ4n) is 1.92. The highest BCUT2D eigenvalue weighted by Gasteiger charge is 2.30. The molecule has 1 aromatic rings. The monoisotopic (exact) mass is 447 g/mol. The summed E-state index contributed by atoms with van der Waals surface area (Å²) in [6.07, 6.45) is -2.34. The Hall–Kier alpha value is -0.840. The highest BCUT2D eigenvalue weighted by Crippen LogP contribution is 2.26. The van der Waals surface area contributed by atoms with Crippen LogP contribution in [0.4, 0.5) is 18.9 Å². The zero-order valence-corrected chi connectivity index (χ0v) is 14.7. The molecule has 1 unspecified atom stereocenters. The zero-order chi connectivity index (χ0) is 15.3. The van der Waals surface area contributed by atoms with Crippen molar-refractivity contribution in [3.63, 3.8) is 0 Å². The van der Waals surface area contributed by atoms with E-state index in [-0.39, 0.29) is 35.7 Å². The third kappa shape index (κ3) is 6.95. The van der Waals surface area contributed by atoms with Crippen LogP contribution in [-0.4, -0.2) is 29.9 Å². The second kappa shape index (κ2) is 8.70. The van der Waals surface area contributed by atoms with Gasteiger partial charge in [0.1, 0.15) is 5.75 Å². The largest absolute Gasteiger partial charge is 0.573 e. The standard InChI is InChI=1S/C13H16F3N3OS.HI/c14-13(15,16)20-10-5-3-9(4-6-10)19-12(17)18-8-11-2-1-7-21-11;/h3-6,11H,1-2,7-8H2,(H3,17,18,19);1H. The number of benzene rings is 1. The molecule has 1 aliphatic heterocycles. The molecule has 0 aromatic heterocycles. The lowest BCUT2D eigenvalue weighted by Gasteiger charge is -2.10. The lowest BCUT2D eigenvalue weighted by Crippen LogP contribution is -2.24. The lowest BCUT2D eigenvalue weighted by molar-refractivity contribution is -0.274. The van der Waals surface area contributed by atoms with Crippen LogP contribution in [0.25, 0.3) is 0 Å². The van der Waals surface area contributed by atoms with Crippen LogP contribution in [0.3, 0.4) is 0 Å². The van der Waals surface area contributed by atoms with Crippen LogP contribution in [0.5, 0.6) is 5.75 Å². The van der Waals surface area contributed by atoms with Crippen LogP contribution in [0, 0.1) is 0 Å². The van der Waals surface area contributed by atoms with Crippen molar-refractivity contribution in [1.82, 2.24) is 0 Å². The number of alkyl halides is 3. The van der Waals surface area contributed by atoms with Crippen molar-refractivity contribution >= 4 is 47.4 Å². The van der Waals surface area contributed by atoms with Crippen LogP contribution < -0.4 is 15.8 Å². The van der Waals surface area contributed by atoms with E-state index in [2.05, 4.69) is 15.0 Å². The molecule has 1 heterocycles. The van der Waals surface area contributed by atoms with Crippen LogP contribution in [0.1, 0.15) is 12.8 Å². The van der Waals surface area contributed by atoms with Crippen LogP contribution in [0.15, 0.2) is 29.3 Å². The summed E-state index contributed by atoms with van der Waals surface area (Å²) in [5.41, 5.74) is 6.30. The second-order valence-corrected chi connectivity index (χ2v) is 5.97. The molecule has 1 fully saturated rings. The van der Waals surface area contributed by atoms with Gasteiger partial charge in [-0.3, -0.25) is 4.99 Å². The van der Waals surface area contributed by atoms with Crippen LogP contribution in [-0.2, 0) is 0 Å². The molecule has 1 saturated heterocycles. The molecule has 124 valence electrons. The number of thioether (sulfide) groups is 1. The number of halogens is 4. The van der Waals surface area contributed by atoms with E-state index in [1.807, 2.05) is 11.8 Å². The summed E-state index contributed by atoms with van der Waals surface area (Å²) >= 11 is 1.88. The van der Waals surface area contributed by atoms with Crippen LogP contribution in [0.2, 0.25) is 0 Å². The fraction of sp³-hybridized carbons (Fsp3) is 0.462. The topological polar surface area (TPSA) is 59.6 Å². The third-order valence-electron chi connectivity index (χ3n) is 2.85. The maximum atomic E-state index is 12.0. The number of hydrogen-bond acceptors (Lipinski definition) is 3. The average Bonchev–Trinajstić information content (AvgIpc) is 2.90. The minimum atomic E-state index is -4.69. The molecular formula is C13H17F3IN3OS. The molecule has 2 rings (SSSR count). The van der Waals surface area contributed by atoms with Crippen LogP contribution >= 0.6 is 35.7 Å². The smallest absolute Gasteiger partial charge is 0.406 e. The van der Waals surface area contributed by atoms with Gasteiger partial charge in [-0.1, -0.05) is 0 Å². The fourth-order valence-corrected chi connectivity index (χ4v) is 3.10. The maximum absolute atomic E-state index is 12.0. The summed E-state index contributed by atoms with van der Waals surface area (Å²) in [7, 11) is 0. The summed E-state index contributed by atoms with van der Waals surface area (Å²) in [6, 6.07) is 5.34. The van der Waals surface area contributed by atoms with E-state index in [0.29, 0.717) is 17.5 Å². The number of ether oxygens (including phenoxy) is 1. The molecule has 0 radical (unpaired) electrons. The van der Waals surface area contributed by atoms with Gasteiger partial charge in [0, 0.05) is 10.9 Å². The first-order chi connectivity index (χ1) is 9.92. The Morgan fingerprint density at radius 1 is 1.36 bits per heavy atom. The minimum absolute atomic E-state index is 0. The first-order valence-corrected chi connectivity index (χ1v) is 7.51. The molecule has 1 aromatic carbocycles. The third-order valence-corrected chi connectivity index (χ3v) is 4.23. The Balaban J connectivity index is 0.00000242. The van der Waals surface area contributed by atoms with Crippen molar-refractivity contribution in [3.8, 4) is 5.75 Å². The molecule has 1 aliphatic rings. The van der Waals surface area contributed by atoms with E-state index in [1.165, 1.54) is 30.7 Å². The Morgan fingerprint density at radius 2 is 2.05 bits per heavy atom. The number of nitrogens with one attached hydrogen (secondary N) is 1. The highest BCUT2D eigenvalue weighted by atomic mass is 127. The van der Waals surface area contributed by atoms with Gasteiger partial charge in [-0.2, -0.15) is 11.8 Å². The number of nitrogens with zero attached hydrogens (tertiary/aromatic N) is 1. The molecule has 0 aliphatic carbocycles. The summed E-state index contributed by atoms with van der Waals surface area (Å²) in [5.74, 6) is 1.15. The van der Waals surface area contributed by atoms with E-state index >= 15 is 0 Å². The normalized spacial score (nSPS) is 18.7. The summed E-state index contributed by atoms with van der Waals surface area (Å²) in [5, 5.41) is 3.34. The van der Waals surface area contributed by atoms with Gasteiger partial charge in [0.15, 0.2) is 5.96 Å². The quantitative estimate of drug-likeness (QED) is 0.419. The van der Waals surface area contributed by atoms with Gasteiger partial charge in [-0.25, -0.2) is 0 Å². The number of nitrogens with two attached hydrogens (primary N) is 1. The van der Waals surface area contributed by atoms with Crippen molar-refractivity contribution in [2.75, 3.05) is 17.6 Å². The summed E-state index contributed by atoms with van der Waals surface area (Å²) in [6.45, 7) is 0.652. The Labute approximate surface area is 148 Å². The predicted octanol–water partition coefficient (Wildman–Crippen LogP) is 3.83. The Kier molecular flexibility index (Phi) is 7.60.